The lowest BCUT2D eigenvalue weighted by Crippen LogP contribution is -2.27. The van der Waals surface area contributed by atoms with Crippen molar-refractivity contribution < 1.29 is 14.3 Å². The molecule has 6 nitrogen and oxygen atoms in total. The fourth-order valence-electron chi connectivity index (χ4n) is 3.15. The van der Waals surface area contributed by atoms with Gasteiger partial charge in [-0.05, 0) is 49.1 Å². The molecule has 0 aliphatic carbocycles. The molecule has 0 saturated heterocycles. The van der Waals surface area contributed by atoms with E-state index in [4.69, 9.17) is 4.74 Å². The van der Waals surface area contributed by atoms with Crippen molar-refractivity contribution >= 4 is 22.6 Å². The number of ether oxygens (including phenoxy) is 1. The van der Waals surface area contributed by atoms with Gasteiger partial charge in [0.25, 0.3) is 5.56 Å². The fourth-order valence-corrected chi connectivity index (χ4v) is 3.15. The van der Waals surface area contributed by atoms with Gasteiger partial charge in [0.1, 0.15) is 5.75 Å². The molecule has 3 rings (SSSR count). The van der Waals surface area contributed by atoms with Gasteiger partial charge < -0.3 is 15.0 Å². The number of H-pyrrole nitrogens is 1. The number of carbonyl (C=O) groups excluding carboxylic acids is 2. The molecule has 6 heteroatoms. The van der Waals surface area contributed by atoms with Gasteiger partial charge in [0, 0.05) is 36.0 Å². The number of hydrogen-bond donors (Lipinski definition) is 2. The number of aryl methyl sites for hydroxylation is 1. The third-order valence-corrected chi connectivity index (χ3v) is 4.76. The van der Waals surface area contributed by atoms with Crippen molar-refractivity contribution in [1.29, 1.82) is 0 Å². The van der Waals surface area contributed by atoms with E-state index in [9.17, 15) is 14.4 Å². The number of amides is 1. The fraction of sp³-hybridized carbons (Fsp3) is 0.261. The van der Waals surface area contributed by atoms with E-state index in [0.717, 1.165) is 16.5 Å². The van der Waals surface area contributed by atoms with Gasteiger partial charge in [0.2, 0.25) is 5.91 Å². The molecule has 0 saturated carbocycles. The molecule has 1 amide bonds. The van der Waals surface area contributed by atoms with Crippen LogP contribution in [0.5, 0.6) is 5.75 Å². The molecule has 0 bridgehead atoms. The first-order valence-electron chi connectivity index (χ1n) is 9.53. The van der Waals surface area contributed by atoms with Gasteiger partial charge in [0.05, 0.1) is 7.11 Å². The van der Waals surface area contributed by atoms with Crippen LogP contribution < -0.4 is 15.6 Å². The summed E-state index contributed by atoms with van der Waals surface area (Å²) < 4.78 is 5.11. The van der Waals surface area contributed by atoms with Gasteiger partial charge >= 0.3 is 0 Å². The van der Waals surface area contributed by atoms with E-state index < -0.39 is 0 Å². The molecule has 0 aliphatic heterocycles. The smallest absolute Gasteiger partial charge is 0.251 e. The molecule has 150 valence electrons. The van der Waals surface area contributed by atoms with Gasteiger partial charge in [0.15, 0.2) is 5.78 Å². The lowest BCUT2D eigenvalue weighted by Gasteiger charge is -2.07. The Bertz CT molecular complexity index is 1100. The van der Waals surface area contributed by atoms with Crippen LogP contribution in [0, 0.1) is 6.92 Å². The normalized spacial score (nSPS) is 10.7. The van der Waals surface area contributed by atoms with E-state index in [0.29, 0.717) is 29.8 Å². The monoisotopic (exact) mass is 392 g/mol. The number of fused-ring (bicyclic) bond motifs is 1. The highest BCUT2D eigenvalue weighted by Crippen LogP contribution is 2.15. The largest absolute Gasteiger partial charge is 0.497 e. The molecule has 0 atom stereocenters. The summed E-state index contributed by atoms with van der Waals surface area (Å²) in [6.45, 7) is 2.34. The first-order chi connectivity index (χ1) is 14.0. The maximum absolute atomic E-state index is 12.2. The molecule has 3 aromatic rings. The quantitative estimate of drug-likeness (QED) is 0.577. The van der Waals surface area contributed by atoms with Gasteiger partial charge in [-0.3, -0.25) is 14.4 Å². The van der Waals surface area contributed by atoms with Crippen molar-refractivity contribution in [3.05, 3.63) is 75.6 Å². The zero-order valence-electron chi connectivity index (χ0n) is 16.6. The van der Waals surface area contributed by atoms with Crippen molar-refractivity contribution in [2.75, 3.05) is 13.7 Å². The van der Waals surface area contributed by atoms with E-state index in [-0.39, 0.29) is 30.1 Å². The molecular formula is C23H24N2O4. The van der Waals surface area contributed by atoms with Gasteiger partial charge in [-0.2, -0.15) is 0 Å². The van der Waals surface area contributed by atoms with Gasteiger partial charge in [-0.15, -0.1) is 0 Å². The predicted molar refractivity (Wildman–Crippen MR) is 113 cm³/mol. The zero-order chi connectivity index (χ0) is 20.8. The van der Waals surface area contributed by atoms with E-state index in [1.54, 1.807) is 31.4 Å². The van der Waals surface area contributed by atoms with Gasteiger partial charge in [-0.25, -0.2) is 0 Å². The number of nitrogens with one attached hydrogen (secondary N) is 2. The number of aromatic nitrogens is 1. The highest BCUT2D eigenvalue weighted by atomic mass is 16.5. The van der Waals surface area contributed by atoms with Crippen LogP contribution in [-0.4, -0.2) is 30.3 Å². The molecule has 2 aromatic carbocycles. The number of Topliss-reactive ketones (excluding diaryl/α,β-unsaturated/α-hetero) is 1. The molecule has 2 N–H and O–H groups in total. The lowest BCUT2D eigenvalue weighted by atomic mass is 10.1. The number of carbonyl (C=O) groups is 2. The predicted octanol–water partition coefficient (Wildman–Crippen LogP) is 3.17. The minimum Gasteiger partial charge on any atom is -0.497 e. The SMILES string of the molecule is COc1cccc(C(=O)CCC(=O)NCCc2cc3cc(C)ccc3[nH]c2=O)c1. The van der Waals surface area contributed by atoms with Crippen LogP contribution in [-0.2, 0) is 11.2 Å². The van der Waals surface area contributed by atoms with Crippen molar-refractivity contribution in [2.24, 2.45) is 0 Å². The van der Waals surface area contributed by atoms with Crippen LogP contribution in [0.2, 0.25) is 0 Å². The summed E-state index contributed by atoms with van der Waals surface area (Å²) in [5.74, 6) is 0.283. The molecule has 1 heterocycles. The van der Waals surface area contributed by atoms with Crippen molar-refractivity contribution in [3.63, 3.8) is 0 Å². The molecule has 0 aliphatic rings. The minimum atomic E-state index is -0.214. The number of ketones is 1. The van der Waals surface area contributed by atoms with Crippen LogP contribution in [0.4, 0.5) is 0 Å². The Morgan fingerprint density at radius 1 is 1.07 bits per heavy atom. The standard InChI is InChI=1S/C23H24N2O4/c1-15-6-7-20-18(12-15)13-17(23(28)25-20)10-11-24-22(27)9-8-21(26)16-4-3-5-19(14-16)29-2/h3-7,12-14H,8-11H2,1-2H3,(H,24,27)(H,25,28). The maximum atomic E-state index is 12.2. The average molecular weight is 392 g/mol. The third-order valence-electron chi connectivity index (χ3n) is 4.76. The van der Waals surface area contributed by atoms with Crippen LogP contribution in [0.15, 0.2) is 53.3 Å². The summed E-state index contributed by atoms with van der Waals surface area (Å²) in [4.78, 5) is 39.4. The number of methoxy groups -OCH3 is 1. The summed E-state index contributed by atoms with van der Waals surface area (Å²) in [6.07, 6.45) is 0.646. The summed E-state index contributed by atoms with van der Waals surface area (Å²) in [7, 11) is 1.54. The zero-order valence-corrected chi connectivity index (χ0v) is 16.6. The summed E-state index contributed by atoms with van der Waals surface area (Å²) in [5, 5.41) is 3.75. The van der Waals surface area contributed by atoms with E-state index >= 15 is 0 Å². The molecule has 0 fully saturated rings. The third kappa shape index (κ3) is 5.31. The Morgan fingerprint density at radius 2 is 1.90 bits per heavy atom. The number of pyridine rings is 1. The Hall–Kier alpha value is -3.41. The molecule has 0 spiro atoms. The number of aromatic amines is 1. The average Bonchev–Trinajstić information content (AvgIpc) is 2.72. The second-order valence-corrected chi connectivity index (χ2v) is 6.97. The Morgan fingerprint density at radius 3 is 2.69 bits per heavy atom. The molecule has 1 aromatic heterocycles. The van der Waals surface area contributed by atoms with Crippen molar-refractivity contribution in [3.8, 4) is 5.75 Å². The lowest BCUT2D eigenvalue weighted by molar-refractivity contribution is -0.121. The van der Waals surface area contributed by atoms with Crippen molar-refractivity contribution in [2.45, 2.75) is 26.2 Å². The Labute approximate surface area is 168 Å². The summed E-state index contributed by atoms with van der Waals surface area (Å²) >= 11 is 0. The summed E-state index contributed by atoms with van der Waals surface area (Å²) in [5.41, 5.74) is 2.91. The number of rotatable bonds is 8. The molecular weight excluding hydrogens is 368 g/mol. The minimum absolute atomic E-state index is 0.101. The van der Waals surface area contributed by atoms with Crippen LogP contribution in [0.3, 0.4) is 0 Å². The number of benzene rings is 2. The second kappa shape index (κ2) is 9.19. The summed E-state index contributed by atoms with van der Waals surface area (Å²) in [6, 6.07) is 14.6. The highest BCUT2D eigenvalue weighted by Gasteiger charge is 2.10. The second-order valence-electron chi connectivity index (χ2n) is 6.97. The van der Waals surface area contributed by atoms with Gasteiger partial charge in [-0.1, -0.05) is 23.8 Å². The van der Waals surface area contributed by atoms with Crippen molar-refractivity contribution in [1.82, 2.24) is 10.3 Å². The number of hydrogen-bond acceptors (Lipinski definition) is 4. The van der Waals surface area contributed by atoms with E-state index in [1.807, 2.05) is 31.2 Å². The Balaban J connectivity index is 1.51. The maximum Gasteiger partial charge on any atom is 0.251 e. The molecule has 0 unspecified atom stereocenters. The first kappa shape index (κ1) is 20.3. The van der Waals surface area contributed by atoms with E-state index in [1.165, 1.54) is 0 Å². The first-order valence-corrected chi connectivity index (χ1v) is 9.53. The van der Waals surface area contributed by atoms with Crippen LogP contribution >= 0.6 is 0 Å². The molecule has 29 heavy (non-hydrogen) atoms. The topological polar surface area (TPSA) is 88.3 Å². The highest BCUT2D eigenvalue weighted by molar-refractivity contribution is 5.98. The Kier molecular flexibility index (Phi) is 6.44. The van der Waals surface area contributed by atoms with Crippen LogP contribution in [0.1, 0.15) is 34.3 Å². The van der Waals surface area contributed by atoms with E-state index in [2.05, 4.69) is 10.3 Å². The molecule has 0 radical (unpaired) electrons. The van der Waals surface area contributed by atoms with Crippen LogP contribution in [0.25, 0.3) is 10.9 Å².